The summed E-state index contributed by atoms with van der Waals surface area (Å²) in [6.07, 6.45) is 9.46. The summed E-state index contributed by atoms with van der Waals surface area (Å²) in [5.74, 6) is 3.62. The topological polar surface area (TPSA) is 44.3 Å². The zero-order valence-electron chi connectivity index (χ0n) is 16.9. The summed E-state index contributed by atoms with van der Waals surface area (Å²) in [5, 5.41) is 4.72. The van der Waals surface area contributed by atoms with Crippen LogP contribution in [0.1, 0.15) is 44.9 Å². The average Bonchev–Trinajstić information content (AvgIpc) is 3.07. The summed E-state index contributed by atoms with van der Waals surface area (Å²) >= 11 is 0. The number of aromatic nitrogens is 2. The van der Waals surface area contributed by atoms with Crippen LogP contribution in [0.25, 0.3) is 10.9 Å². The minimum atomic E-state index is 0.798. The zero-order valence-corrected chi connectivity index (χ0v) is 16.9. The molecule has 1 N–H and O–H groups in total. The van der Waals surface area contributed by atoms with Gasteiger partial charge in [-0.05, 0) is 88.5 Å². The van der Waals surface area contributed by atoms with Gasteiger partial charge in [-0.3, -0.25) is 0 Å². The highest BCUT2D eigenvalue weighted by molar-refractivity contribution is 5.90. The molecule has 0 radical (unpaired) electrons. The molecular weight excluding hydrogens is 346 g/mol. The van der Waals surface area contributed by atoms with Gasteiger partial charge in [-0.2, -0.15) is 4.98 Å². The van der Waals surface area contributed by atoms with Crippen LogP contribution in [0.4, 0.5) is 11.8 Å². The van der Waals surface area contributed by atoms with Crippen LogP contribution in [-0.4, -0.2) is 54.1 Å². The maximum Gasteiger partial charge on any atom is 0.225 e. The van der Waals surface area contributed by atoms with Gasteiger partial charge in [0, 0.05) is 25.0 Å². The standard InChI is InChI=1S/C23H33N5/c1-2-7-21-20(6-1)22(28-16-18-8-9-19(17-28)11-10-18)26-23(25-21)24-12-5-15-27-13-3-4-14-27/h1-2,6-7,18-19H,3-5,8-17H2,(H,24,25,26). The van der Waals surface area contributed by atoms with Crippen LogP contribution in [0, 0.1) is 11.8 Å². The van der Waals surface area contributed by atoms with E-state index >= 15 is 0 Å². The van der Waals surface area contributed by atoms with Crippen molar-refractivity contribution in [3.05, 3.63) is 24.3 Å². The first-order chi connectivity index (χ1) is 13.8. The maximum atomic E-state index is 5.02. The molecule has 1 aromatic carbocycles. The third-order valence-electron chi connectivity index (χ3n) is 6.94. The summed E-state index contributed by atoms with van der Waals surface area (Å²) in [6, 6.07) is 8.52. The van der Waals surface area contributed by atoms with Crippen LogP contribution in [-0.2, 0) is 0 Å². The Labute approximate surface area is 168 Å². The largest absolute Gasteiger partial charge is 0.355 e. The van der Waals surface area contributed by atoms with Gasteiger partial charge in [0.05, 0.1) is 5.52 Å². The predicted octanol–water partition coefficient (Wildman–Crippen LogP) is 4.15. The monoisotopic (exact) mass is 379 g/mol. The summed E-state index contributed by atoms with van der Waals surface area (Å²) < 4.78 is 0. The molecule has 0 spiro atoms. The van der Waals surface area contributed by atoms with E-state index in [4.69, 9.17) is 9.97 Å². The first-order valence-corrected chi connectivity index (χ1v) is 11.3. The molecule has 4 aliphatic rings. The number of nitrogens with one attached hydrogen (secondary N) is 1. The summed E-state index contributed by atoms with van der Waals surface area (Å²) in [5.41, 5.74) is 1.06. The molecule has 0 amide bonds. The van der Waals surface area contributed by atoms with Crippen LogP contribution in [0.15, 0.2) is 24.3 Å². The number of rotatable bonds is 6. The highest BCUT2D eigenvalue weighted by Gasteiger charge is 2.30. The average molecular weight is 380 g/mol. The Hall–Kier alpha value is -1.88. The Morgan fingerprint density at radius 3 is 2.39 bits per heavy atom. The van der Waals surface area contributed by atoms with Crippen molar-refractivity contribution in [3.63, 3.8) is 0 Å². The Morgan fingerprint density at radius 1 is 0.929 bits per heavy atom. The molecule has 0 atom stereocenters. The van der Waals surface area contributed by atoms with Crippen LogP contribution in [0.2, 0.25) is 0 Å². The second-order valence-corrected chi connectivity index (χ2v) is 9.01. The maximum absolute atomic E-state index is 5.02. The fraction of sp³-hybridized carbons (Fsp3) is 0.652. The lowest BCUT2D eigenvalue weighted by Crippen LogP contribution is -2.29. The number of likely N-dealkylation sites (tertiary alicyclic amines) is 1. The lowest BCUT2D eigenvalue weighted by molar-refractivity contribution is 0.326. The van der Waals surface area contributed by atoms with Gasteiger partial charge in [-0.1, -0.05) is 12.1 Å². The number of hydrogen-bond donors (Lipinski definition) is 1. The van der Waals surface area contributed by atoms with Crippen molar-refractivity contribution >= 4 is 22.7 Å². The van der Waals surface area contributed by atoms with E-state index < -0.39 is 0 Å². The third kappa shape index (κ3) is 3.95. The summed E-state index contributed by atoms with van der Waals surface area (Å²) in [6.45, 7) is 6.99. The molecule has 4 fully saturated rings. The van der Waals surface area contributed by atoms with Gasteiger partial charge < -0.3 is 15.1 Å². The number of para-hydroxylation sites is 1. The van der Waals surface area contributed by atoms with E-state index in [1.807, 2.05) is 0 Å². The van der Waals surface area contributed by atoms with E-state index in [2.05, 4.69) is 39.4 Å². The van der Waals surface area contributed by atoms with Crippen molar-refractivity contribution in [1.82, 2.24) is 14.9 Å². The third-order valence-corrected chi connectivity index (χ3v) is 6.94. The molecule has 0 unspecified atom stereocenters. The number of fused-ring (bicyclic) bond motifs is 5. The van der Waals surface area contributed by atoms with Gasteiger partial charge in [-0.25, -0.2) is 4.98 Å². The van der Waals surface area contributed by atoms with E-state index in [9.17, 15) is 0 Å². The molecule has 6 rings (SSSR count). The van der Waals surface area contributed by atoms with Crippen LogP contribution >= 0.6 is 0 Å². The van der Waals surface area contributed by atoms with E-state index in [1.165, 1.54) is 63.5 Å². The Balaban J connectivity index is 1.34. The number of anilines is 2. The van der Waals surface area contributed by atoms with Crippen LogP contribution in [0.5, 0.6) is 0 Å². The predicted molar refractivity (Wildman–Crippen MR) is 116 cm³/mol. The fourth-order valence-electron chi connectivity index (χ4n) is 5.36. The molecule has 1 aromatic heterocycles. The molecule has 1 saturated carbocycles. The van der Waals surface area contributed by atoms with Gasteiger partial charge in [-0.15, -0.1) is 0 Å². The first kappa shape index (κ1) is 18.2. The van der Waals surface area contributed by atoms with E-state index in [0.29, 0.717) is 0 Å². The quantitative estimate of drug-likeness (QED) is 0.764. The molecule has 5 heteroatoms. The minimum absolute atomic E-state index is 0.798. The number of hydrogen-bond acceptors (Lipinski definition) is 5. The molecular formula is C23H33N5. The number of benzene rings is 1. The number of nitrogens with zero attached hydrogens (tertiary/aromatic N) is 4. The summed E-state index contributed by atoms with van der Waals surface area (Å²) in [4.78, 5) is 15.0. The molecule has 3 aliphatic heterocycles. The SMILES string of the molecule is c1ccc2c(N3CC4CCC(CC4)C3)nc(NCCCN3CCCC3)nc2c1. The van der Waals surface area contributed by atoms with E-state index in [0.717, 1.165) is 55.2 Å². The first-order valence-electron chi connectivity index (χ1n) is 11.3. The molecule has 5 nitrogen and oxygen atoms in total. The molecule has 28 heavy (non-hydrogen) atoms. The second-order valence-electron chi connectivity index (χ2n) is 9.01. The van der Waals surface area contributed by atoms with Crippen molar-refractivity contribution in [2.24, 2.45) is 11.8 Å². The molecule has 2 aromatic rings. The van der Waals surface area contributed by atoms with E-state index in [1.54, 1.807) is 0 Å². The summed E-state index contributed by atoms with van der Waals surface area (Å²) in [7, 11) is 0. The van der Waals surface area contributed by atoms with Crippen molar-refractivity contribution < 1.29 is 0 Å². The van der Waals surface area contributed by atoms with Gasteiger partial charge in [0.2, 0.25) is 5.95 Å². The molecule has 4 heterocycles. The van der Waals surface area contributed by atoms with Gasteiger partial charge >= 0.3 is 0 Å². The highest BCUT2D eigenvalue weighted by Crippen LogP contribution is 2.37. The molecule has 3 saturated heterocycles. The molecule has 2 bridgehead atoms. The molecule has 1 aliphatic carbocycles. The lowest BCUT2D eigenvalue weighted by atomic mass is 9.84. The van der Waals surface area contributed by atoms with Crippen molar-refractivity contribution in [2.45, 2.75) is 44.9 Å². The van der Waals surface area contributed by atoms with Crippen molar-refractivity contribution in [3.8, 4) is 0 Å². The normalized spacial score (nSPS) is 25.4. The fourth-order valence-corrected chi connectivity index (χ4v) is 5.36. The highest BCUT2D eigenvalue weighted by atomic mass is 15.2. The second kappa shape index (κ2) is 8.24. The Morgan fingerprint density at radius 2 is 1.64 bits per heavy atom. The minimum Gasteiger partial charge on any atom is -0.355 e. The smallest absolute Gasteiger partial charge is 0.225 e. The lowest BCUT2D eigenvalue weighted by Gasteiger charge is -2.25. The van der Waals surface area contributed by atoms with E-state index in [-0.39, 0.29) is 0 Å². The Kier molecular flexibility index (Phi) is 5.34. The van der Waals surface area contributed by atoms with Crippen molar-refractivity contribution in [2.75, 3.05) is 49.5 Å². The van der Waals surface area contributed by atoms with Gasteiger partial charge in [0.25, 0.3) is 0 Å². The van der Waals surface area contributed by atoms with Crippen molar-refractivity contribution in [1.29, 1.82) is 0 Å². The Bertz CT molecular complexity index is 779. The van der Waals surface area contributed by atoms with Gasteiger partial charge in [0.1, 0.15) is 5.82 Å². The van der Waals surface area contributed by atoms with Crippen LogP contribution < -0.4 is 10.2 Å². The molecule has 150 valence electrons. The zero-order chi connectivity index (χ0) is 18.8. The van der Waals surface area contributed by atoms with Crippen LogP contribution in [0.3, 0.4) is 0 Å². The van der Waals surface area contributed by atoms with Gasteiger partial charge in [0.15, 0.2) is 0 Å².